The Morgan fingerprint density at radius 2 is 1.02 bits per heavy atom. The number of thiophene rings is 2. The lowest BCUT2D eigenvalue weighted by molar-refractivity contribution is 0.0700. The molecule has 4 unspecified atom stereocenters. The van der Waals surface area contributed by atoms with Gasteiger partial charge in [0.1, 0.15) is 11.0 Å². The van der Waals surface area contributed by atoms with Crippen LogP contribution in [0.25, 0.3) is 31.9 Å². The highest BCUT2D eigenvalue weighted by Crippen LogP contribution is 2.67. The molecule has 224 valence electrons. The number of ether oxygens (including phenoxy) is 2. The van der Waals surface area contributed by atoms with Gasteiger partial charge in [0.25, 0.3) is 0 Å². The molecule has 4 nitrogen and oxygen atoms in total. The van der Waals surface area contributed by atoms with Crippen LogP contribution in [0.4, 0.5) is 0 Å². The minimum absolute atomic E-state index is 0.0503. The fourth-order valence-electron chi connectivity index (χ4n) is 7.33. The van der Waals surface area contributed by atoms with Crippen molar-refractivity contribution in [3.63, 3.8) is 0 Å². The second kappa shape index (κ2) is 8.92. The van der Waals surface area contributed by atoms with Gasteiger partial charge in [0.05, 0.1) is 22.9 Å². The summed E-state index contributed by atoms with van der Waals surface area (Å²) in [5, 5.41) is 4.21. The summed E-state index contributed by atoms with van der Waals surface area (Å²) in [6, 6.07) is 8.45. The van der Waals surface area contributed by atoms with Crippen molar-refractivity contribution < 1.29 is 9.47 Å². The van der Waals surface area contributed by atoms with E-state index in [1.165, 1.54) is 22.9 Å². The van der Waals surface area contributed by atoms with Gasteiger partial charge in [-0.25, -0.2) is 0 Å². The van der Waals surface area contributed by atoms with Crippen molar-refractivity contribution in [2.75, 3.05) is 0 Å². The van der Waals surface area contributed by atoms with E-state index in [0.717, 1.165) is 43.4 Å². The van der Waals surface area contributed by atoms with Gasteiger partial charge >= 0.3 is 0 Å². The van der Waals surface area contributed by atoms with Gasteiger partial charge in [-0.05, 0) is 65.3 Å². The van der Waals surface area contributed by atoms with E-state index in [2.05, 4.69) is 129 Å². The van der Waals surface area contributed by atoms with Gasteiger partial charge in [0, 0.05) is 26.2 Å². The highest BCUT2D eigenvalue weighted by molar-refractivity contribution is 7.14. The first-order valence-electron chi connectivity index (χ1n) is 15.0. The molecule has 4 aromatic rings. The summed E-state index contributed by atoms with van der Waals surface area (Å²) in [6.45, 7) is 23.4. The summed E-state index contributed by atoms with van der Waals surface area (Å²) in [4.78, 5) is 2.19. The molecular formula is C36H40N2O2S3. The Morgan fingerprint density at radius 1 is 0.605 bits per heavy atom. The van der Waals surface area contributed by atoms with Gasteiger partial charge < -0.3 is 9.47 Å². The molecule has 0 radical (unpaired) electrons. The Bertz CT molecular complexity index is 1720. The summed E-state index contributed by atoms with van der Waals surface area (Å²) >= 11 is 4.62. The number of rotatable bonds is 2. The van der Waals surface area contributed by atoms with Crippen LogP contribution in [0.3, 0.4) is 0 Å². The van der Waals surface area contributed by atoms with Crippen molar-refractivity contribution >= 4 is 45.4 Å². The maximum Gasteiger partial charge on any atom is 0.174 e. The lowest BCUT2D eigenvalue weighted by Gasteiger charge is -2.59. The van der Waals surface area contributed by atoms with E-state index in [1.807, 2.05) is 0 Å². The minimum Gasteiger partial charge on any atom is -0.474 e. The van der Waals surface area contributed by atoms with Crippen molar-refractivity contribution in [3.8, 4) is 32.4 Å². The molecule has 0 fully saturated rings. The molecule has 43 heavy (non-hydrogen) atoms. The number of nitrogens with zero attached hydrogens (tertiary/aromatic N) is 2. The van der Waals surface area contributed by atoms with Crippen LogP contribution in [0.2, 0.25) is 0 Å². The van der Waals surface area contributed by atoms with Crippen molar-refractivity contribution in [3.05, 3.63) is 70.5 Å². The average molecular weight is 629 g/mol. The van der Waals surface area contributed by atoms with Gasteiger partial charge in [-0.3, -0.25) is 0 Å². The quantitative estimate of drug-likeness (QED) is 0.207. The summed E-state index contributed by atoms with van der Waals surface area (Å²) in [5.74, 6) is 1.48. The molecule has 1 aliphatic heterocycles. The first-order chi connectivity index (χ1) is 20.0. The van der Waals surface area contributed by atoms with Gasteiger partial charge in [-0.1, -0.05) is 79.7 Å². The van der Waals surface area contributed by atoms with Crippen LogP contribution in [-0.4, -0.2) is 19.9 Å². The van der Waals surface area contributed by atoms with Crippen LogP contribution in [0.1, 0.15) is 69.2 Å². The van der Waals surface area contributed by atoms with Crippen LogP contribution >= 0.6 is 34.4 Å². The molecule has 1 aromatic carbocycles. The molecule has 4 heterocycles. The molecule has 7 rings (SSSR count). The molecule has 0 spiro atoms. The molecule has 7 heteroatoms. The Labute approximate surface area is 267 Å². The molecule has 3 aliphatic rings. The molecule has 3 aromatic heterocycles. The topological polar surface area (TPSA) is 44.2 Å². The van der Waals surface area contributed by atoms with E-state index in [4.69, 9.17) is 18.2 Å². The van der Waals surface area contributed by atoms with Crippen molar-refractivity contribution in [1.29, 1.82) is 0 Å². The number of fused-ring (bicyclic) bond motifs is 2. The second-order valence-electron chi connectivity index (χ2n) is 15.1. The first-order valence-corrected chi connectivity index (χ1v) is 17.5. The number of benzene rings is 1. The summed E-state index contributed by atoms with van der Waals surface area (Å²) < 4.78 is 24.7. The molecule has 4 atom stereocenters. The SMILES string of the molecule is CC12C=CC(C)(C(C)(C)C)C3=C1C(C)(C=CC3(C)C(C)(C)C)Oc1c(c(-c3cccs3)c3nsnc3c1-c1cccs1)O2. The van der Waals surface area contributed by atoms with Crippen molar-refractivity contribution in [1.82, 2.24) is 8.75 Å². The maximum absolute atomic E-state index is 7.48. The zero-order chi connectivity index (χ0) is 30.8. The van der Waals surface area contributed by atoms with Crippen LogP contribution in [-0.2, 0) is 0 Å². The van der Waals surface area contributed by atoms with E-state index in [0.29, 0.717) is 0 Å². The predicted molar refractivity (Wildman–Crippen MR) is 183 cm³/mol. The zero-order valence-corrected chi connectivity index (χ0v) is 29.2. The van der Waals surface area contributed by atoms with E-state index >= 15 is 0 Å². The predicted octanol–water partition coefficient (Wildman–Crippen LogP) is 11.0. The van der Waals surface area contributed by atoms with Crippen LogP contribution in [0.15, 0.2) is 70.5 Å². The molecule has 0 N–H and O–H groups in total. The van der Waals surface area contributed by atoms with Gasteiger partial charge in [0.2, 0.25) is 0 Å². The molecular weight excluding hydrogens is 589 g/mol. The Morgan fingerprint density at radius 3 is 1.37 bits per heavy atom. The molecule has 2 aliphatic carbocycles. The van der Waals surface area contributed by atoms with Crippen LogP contribution in [0.5, 0.6) is 11.5 Å². The fourth-order valence-corrected chi connectivity index (χ4v) is 9.42. The fraction of sp³-hybridized carbons (Fsp3) is 0.444. The maximum atomic E-state index is 7.48. The summed E-state index contributed by atoms with van der Waals surface area (Å²) in [6.07, 6.45) is 9.47. The number of hydrogen-bond donors (Lipinski definition) is 0. The number of hydrogen-bond acceptors (Lipinski definition) is 7. The van der Waals surface area contributed by atoms with E-state index in [-0.39, 0.29) is 21.7 Å². The highest BCUT2D eigenvalue weighted by Gasteiger charge is 2.61. The average Bonchev–Trinajstić information content (AvgIpc) is 3.70. The van der Waals surface area contributed by atoms with E-state index in [1.54, 1.807) is 22.7 Å². The van der Waals surface area contributed by atoms with E-state index < -0.39 is 11.2 Å². The third-order valence-electron chi connectivity index (χ3n) is 10.7. The number of allylic oxidation sites excluding steroid dienone is 3. The van der Waals surface area contributed by atoms with Crippen molar-refractivity contribution in [2.24, 2.45) is 21.7 Å². The number of aromatic nitrogens is 2. The zero-order valence-electron chi connectivity index (χ0n) is 26.7. The summed E-state index contributed by atoms with van der Waals surface area (Å²) in [7, 11) is 0. The Balaban J connectivity index is 1.63. The smallest absolute Gasteiger partial charge is 0.174 e. The second-order valence-corrected chi connectivity index (χ2v) is 17.5. The summed E-state index contributed by atoms with van der Waals surface area (Å²) in [5.41, 5.74) is 4.15. The first kappa shape index (κ1) is 29.0. The lowest BCUT2D eigenvalue weighted by Crippen LogP contribution is -2.57. The van der Waals surface area contributed by atoms with Gasteiger partial charge in [-0.15, -0.1) is 22.7 Å². The third kappa shape index (κ3) is 3.83. The minimum atomic E-state index is -0.757. The molecule has 0 saturated carbocycles. The lowest BCUT2D eigenvalue weighted by atomic mass is 9.46. The van der Waals surface area contributed by atoms with Crippen LogP contribution in [0, 0.1) is 21.7 Å². The molecule has 0 saturated heterocycles. The highest BCUT2D eigenvalue weighted by atomic mass is 32.1. The van der Waals surface area contributed by atoms with Gasteiger partial charge in [0.15, 0.2) is 22.7 Å². The van der Waals surface area contributed by atoms with Gasteiger partial charge in [-0.2, -0.15) is 8.75 Å². The standard InChI is InChI=1S/C36H40N2O2S3/c1-31(2,3)33(7)15-17-35(9)30-29(33)34(8,32(4,5)6)16-18-36(30,10)40-28-24(22-14-12-20-42-22)26-25(37-43-38-26)23(27(28)39-35)21-13-11-19-41-21/h11-20H,1-10H3. The molecule has 0 bridgehead atoms. The Kier molecular flexibility index (Phi) is 6.02. The normalized spacial score (nSPS) is 30.1. The third-order valence-corrected chi connectivity index (χ3v) is 13.0. The monoisotopic (exact) mass is 628 g/mol. The van der Waals surface area contributed by atoms with Crippen LogP contribution < -0.4 is 9.47 Å². The largest absolute Gasteiger partial charge is 0.474 e. The van der Waals surface area contributed by atoms with E-state index in [9.17, 15) is 0 Å². The Hall–Kier alpha value is -2.74. The van der Waals surface area contributed by atoms with Crippen molar-refractivity contribution in [2.45, 2.75) is 80.4 Å². The molecule has 0 amide bonds.